The fraction of sp³-hybridized carbons (Fsp3) is 0.852. The van der Waals surface area contributed by atoms with E-state index in [0.29, 0.717) is 26.1 Å². The summed E-state index contributed by atoms with van der Waals surface area (Å²) in [6.07, 6.45) is 3.22. The number of piperazine rings is 1. The van der Waals surface area contributed by atoms with Crippen molar-refractivity contribution in [2.45, 2.75) is 89.4 Å². The summed E-state index contributed by atoms with van der Waals surface area (Å²) in [7, 11) is 3.71. The molecule has 4 rings (SSSR count). The second-order valence-corrected chi connectivity index (χ2v) is 11.8. The maximum absolute atomic E-state index is 13.2. The first-order valence-corrected chi connectivity index (χ1v) is 13.4. The molecule has 0 unspecified atom stereocenters. The van der Waals surface area contributed by atoms with E-state index in [2.05, 4.69) is 44.1 Å². The van der Waals surface area contributed by atoms with Crippen LogP contribution in [0.25, 0.3) is 0 Å². The van der Waals surface area contributed by atoms with Gasteiger partial charge in [-0.2, -0.15) is 0 Å². The van der Waals surface area contributed by atoms with E-state index in [9.17, 15) is 9.59 Å². The maximum Gasteiger partial charge on any atom is 0.408 e. The number of rotatable bonds is 8. The summed E-state index contributed by atoms with van der Waals surface area (Å²) >= 11 is 0. The second kappa shape index (κ2) is 10.6. The molecule has 204 valence electrons. The van der Waals surface area contributed by atoms with Crippen LogP contribution in [0.4, 0.5) is 4.79 Å². The number of carbonyl (C=O) groups is 2. The molecule has 1 spiro atoms. The van der Waals surface area contributed by atoms with Gasteiger partial charge >= 0.3 is 6.09 Å². The predicted octanol–water partition coefficient (Wildman–Crippen LogP) is 2.59. The quantitative estimate of drug-likeness (QED) is 0.398. The highest BCUT2D eigenvalue weighted by Crippen LogP contribution is 2.59. The van der Waals surface area contributed by atoms with Crippen LogP contribution in [-0.4, -0.2) is 104 Å². The van der Waals surface area contributed by atoms with Gasteiger partial charge < -0.3 is 34.1 Å². The lowest BCUT2D eigenvalue weighted by Crippen LogP contribution is -2.58. The van der Waals surface area contributed by atoms with Crippen LogP contribution in [0.15, 0.2) is 11.6 Å². The molecule has 3 saturated heterocycles. The van der Waals surface area contributed by atoms with Crippen molar-refractivity contribution >= 4 is 12.0 Å². The number of amides is 2. The first-order chi connectivity index (χ1) is 17.0. The summed E-state index contributed by atoms with van der Waals surface area (Å²) in [5, 5.41) is 2.87. The highest BCUT2D eigenvalue weighted by Gasteiger charge is 2.72. The SMILES string of the molecule is CO[C@@H]1[C@H](OC(=O)N[C@@H](C(=O)N2CCN(C)CC2)C(C)C)CC[C@]2(CO2)[C@H]1[C@]1(C)O[C@@H]1CC=C(C)C. The molecule has 1 aliphatic carbocycles. The third-order valence-electron chi connectivity index (χ3n) is 8.52. The van der Waals surface area contributed by atoms with Crippen molar-refractivity contribution in [3.63, 3.8) is 0 Å². The van der Waals surface area contributed by atoms with Gasteiger partial charge in [0.15, 0.2) is 0 Å². The van der Waals surface area contributed by atoms with Gasteiger partial charge in [-0.1, -0.05) is 25.5 Å². The Morgan fingerprint density at radius 2 is 1.86 bits per heavy atom. The smallest absolute Gasteiger partial charge is 0.408 e. The van der Waals surface area contributed by atoms with Gasteiger partial charge in [0.2, 0.25) is 5.91 Å². The van der Waals surface area contributed by atoms with E-state index in [1.807, 2.05) is 18.7 Å². The van der Waals surface area contributed by atoms with E-state index < -0.39 is 18.2 Å². The molecular formula is C27H45N3O6. The molecule has 0 aromatic rings. The van der Waals surface area contributed by atoms with Crippen molar-refractivity contribution in [2.24, 2.45) is 11.8 Å². The van der Waals surface area contributed by atoms with E-state index >= 15 is 0 Å². The average molecular weight is 508 g/mol. The van der Waals surface area contributed by atoms with Crippen molar-refractivity contribution in [1.82, 2.24) is 15.1 Å². The number of nitrogens with one attached hydrogen (secondary N) is 1. The minimum absolute atomic E-state index is 0.0371. The number of allylic oxidation sites excluding steroid dienone is 1. The number of epoxide rings is 2. The Balaban J connectivity index is 1.41. The van der Waals surface area contributed by atoms with Crippen molar-refractivity contribution in [3.8, 4) is 0 Å². The van der Waals surface area contributed by atoms with Crippen LogP contribution in [0.3, 0.4) is 0 Å². The molecule has 7 atom stereocenters. The van der Waals surface area contributed by atoms with Gasteiger partial charge in [-0.05, 0) is 53.0 Å². The number of carbonyl (C=O) groups excluding carboxylic acids is 2. The predicted molar refractivity (Wildman–Crippen MR) is 136 cm³/mol. The molecule has 4 aliphatic rings. The zero-order valence-electron chi connectivity index (χ0n) is 23.0. The van der Waals surface area contributed by atoms with Crippen LogP contribution in [0.2, 0.25) is 0 Å². The zero-order valence-corrected chi connectivity index (χ0v) is 23.0. The van der Waals surface area contributed by atoms with E-state index in [-0.39, 0.29) is 41.2 Å². The number of likely N-dealkylation sites (N-methyl/N-ethyl adjacent to an activating group) is 1. The highest BCUT2D eigenvalue weighted by molar-refractivity contribution is 5.86. The second-order valence-electron chi connectivity index (χ2n) is 11.8. The van der Waals surface area contributed by atoms with Gasteiger partial charge in [0.1, 0.15) is 29.5 Å². The van der Waals surface area contributed by atoms with Crippen LogP contribution in [0, 0.1) is 11.8 Å². The molecule has 4 fully saturated rings. The normalized spacial score (nSPS) is 36.9. The van der Waals surface area contributed by atoms with Crippen LogP contribution >= 0.6 is 0 Å². The first kappa shape index (κ1) is 27.4. The van der Waals surface area contributed by atoms with Crippen LogP contribution in [-0.2, 0) is 23.7 Å². The summed E-state index contributed by atoms with van der Waals surface area (Å²) in [6.45, 7) is 13.9. The Labute approximate surface area is 215 Å². The lowest BCUT2D eigenvalue weighted by Gasteiger charge is -2.42. The third-order valence-corrected chi connectivity index (χ3v) is 8.52. The van der Waals surface area contributed by atoms with Crippen molar-refractivity contribution in [2.75, 3.05) is 46.9 Å². The van der Waals surface area contributed by atoms with Crippen molar-refractivity contribution in [3.05, 3.63) is 11.6 Å². The maximum atomic E-state index is 13.2. The fourth-order valence-corrected chi connectivity index (χ4v) is 6.11. The Morgan fingerprint density at radius 1 is 1.19 bits per heavy atom. The Hall–Kier alpha value is -1.68. The number of nitrogens with zero attached hydrogens (tertiary/aromatic N) is 2. The largest absolute Gasteiger partial charge is 0.443 e. The summed E-state index contributed by atoms with van der Waals surface area (Å²) in [5.41, 5.74) is 0.601. The van der Waals surface area contributed by atoms with Gasteiger partial charge in [-0.3, -0.25) is 4.79 Å². The van der Waals surface area contributed by atoms with Gasteiger partial charge in [0.25, 0.3) is 0 Å². The molecule has 9 nitrogen and oxygen atoms in total. The Kier molecular flexibility index (Phi) is 8.05. The molecule has 1 saturated carbocycles. The number of hydrogen-bond acceptors (Lipinski definition) is 7. The number of methoxy groups -OCH3 is 1. The molecule has 9 heteroatoms. The summed E-state index contributed by atoms with van der Waals surface area (Å²) in [6, 6.07) is -0.628. The van der Waals surface area contributed by atoms with E-state index in [0.717, 1.165) is 25.9 Å². The Bertz CT molecular complexity index is 846. The number of hydrogen-bond donors (Lipinski definition) is 1. The van der Waals surface area contributed by atoms with E-state index in [1.165, 1.54) is 5.57 Å². The summed E-state index contributed by atoms with van der Waals surface area (Å²) in [4.78, 5) is 30.3. The molecular weight excluding hydrogens is 462 g/mol. The third kappa shape index (κ3) is 5.59. The summed E-state index contributed by atoms with van der Waals surface area (Å²) < 4.78 is 24.2. The lowest BCUT2D eigenvalue weighted by molar-refractivity contribution is -0.136. The molecule has 1 N–H and O–H groups in total. The first-order valence-electron chi connectivity index (χ1n) is 13.4. The van der Waals surface area contributed by atoms with Gasteiger partial charge in [0.05, 0.1) is 18.6 Å². The highest BCUT2D eigenvalue weighted by atomic mass is 16.6. The lowest BCUT2D eigenvalue weighted by atomic mass is 9.68. The monoisotopic (exact) mass is 507 g/mol. The topological polar surface area (TPSA) is 96.2 Å². The number of ether oxygens (including phenoxy) is 4. The van der Waals surface area contributed by atoms with Crippen LogP contribution in [0.5, 0.6) is 0 Å². The van der Waals surface area contributed by atoms with Gasteiger partial charge in [-0.25, -0.2) is 4.79 Å². The van der Waals surface area contributed by atoms with Gasteiger partial charge in [-0.15, -0.1) is 0 Å². The average Bonchev–Trinajstić information content (AvgIpc) is 3.74. The minimum atomic E-state index is -0.628. The standard InChI is InChI=1S/C27H45N3O6/c1-17(2)8-9-20-26(5,36-20)23-22(33-7)19(10-11-27(23)16-34-27)35-25(32)28-21(18(3)4)24(31)30-14-12-29(6)13-15-30/h8,18-23H,9-16H2,1-7H3,(H,28,32)/t19-,20-,21-,22-,23-,26-,27+/m1/s1. The van der Waals surface area contributed by atoms with E-state index in [1.54, 1.807) is 7.11 Å². The molecule has 0 aromatic carbocycles. The minimum Gasteiger partial charge on any atom is -0.443 e. The molecule has 0 aromatic heterocycles. The summed E-state index contributed by atoms with van der Waals surface area (Å²) in [5.74, 6) is -0.143. The van der Waals surface area contributed by atoms with Crippen molar-refractivity contribution in [1.29, 1.82) is 0 Å². The molecule has 2 amide bonds. The molecule has 3 aliphatic heterocycles. The molecule has 0 radical (unpaired) electrons. The van der Waals surface area contributed by atoms with Crippen molar-refractivity contribution < 1.29 is 28.5 Å². The van der Waals surface area contributed by atoms with Gasteiger partial charge in [0, 0.05) is 33.3 Å². The Morgan fingerprint density at radius 3 is 2.42 bits per heavy atom. The van der Waals surface area contributed by atoms with E-state index in [4.69, 9.17) is 18.9 Å². The molecule has 36 heavy (non-hydrogen) atoms. The fourth-order valence-electron chi connectivity index (χ4n) is 6.11. The number of alkyl carbamates (subject to hydrolysis) is 1. The molecule has 3 heterocycles. The van der Waals surface area contributed by atoms with Crippen LogP contribution < -0.4 is 5.32 Å². The molecule has 0 bridgehead atoms. The zero-order chi connectivity index (χ0) is 26.3. The van der Waals surface area contributed by atoms with Crippen LogP contribution in [0.1, 0.15) is 53.9 Å².